The van der Waals surface area contributed by atoms with Gasteiger partial charge in [0.2, 0.25) is 0 Å². The van der Waals surface area contributed by atoms with Crippen LogP contribution in [-0.2, 0) is 0 Å². The van der Waals surface area contributed by atoms with Gasteiger partial charge < -0.3 is 15.7 Å². The van der Waals surface area contributed by atoms with E-state index in [2.05, 4.69) is 5.16 Å². The zero-order valence-electron chi connectivity index (χ0n) is 10.9. The molecule has 0 aliphatic heterocycles. The number of nitrogens with zero attached hydrogens (tertiary/aromatic N) is 1. The van der Waals surface area contributed by atoms with Crippen molar-refractivity contribution in [3.05, 3.63) is 58.9 Å². The molecule has 4 nitrogen and oxygen atoms in total. The van der Waals surface area contributed by atoms with Gasteiger partial charge in [0.05, 0.1) is 0 Å². The smallest absolute Gasteiger partial charge is 0.198 e. The Labute approximate surface area is 118 Å². The van der Waals surface area contributed by atoms with Crippen LogP contribution in [0.4, 0.5) is 13.2 Å². The number of oxime groups is 1. The molecule has 0 unspecified atom stereocenters. The number of halogens is 3. The van der Waals surface area contributed by atoms with E-state index in [-0.39, 0.29) is 16.9 Å². The predicted octanol–water partition coefficient (Wildman–Crippen LogP) is 3.30. The molecule has 0 aromatic heterocycles. The average molecular weight is 296 g/mol. The van der Waals surface area contributed by atoms with Crippen LogP contribution in [0.25, 0.3) is 0 Å². The maximum absolute atomic E-state index is 13.8. The van der Waals surface area contributed by atoms with E-state index in [1.165, 1.54) is 25.1 Å². The Morgan fingerprint density at radius 3 is 2.38 bits per heavy atom. The van der Waals surface area contributed by atoms with Crippen molar-refractivity contribution < 1.29 is 23.1 Å². The van der Waals surface area contributed by atoms with E-state index in [1.54, 1.807) is 0 Å². The molecule has 110 valence electrons. The molecular weight excluding hydrogens is 285 g/mol. The van der Waals surface area contributed by atoms with Crippen LogP contribution in [0.3, 0.4) is 0 Å². The van der Waals surface area contributed by atoms with Crippen molar-refractivity contribution in [2.45, 2.75) is 6.92 Å². The standard InChI is InChI=1S/C14H11F3N2O2/c1-7-3-2-4-11(12(7)17)21-13-9(15)5-8(6-10(13)16)14(18)19-20/h2-6,20H,1H3,(H2,18,19). The molecule has 2 rings (SSSR count). The third-order valence-corrected chi connectivity index (χ3v) is 2.77. The summed E-state index contributed by atoms with van der Waals surface area (Å²) in [6.45, 7) is 1.50. The highest BCUT2D eigenvalue weighted by molar-refractivity contribution is 5.97. The third-order valence-electron chi connectivity index (χ3n) is 2.77. The van der Waals surface area contributed by atoms with Crippen LogP contribution in [0.15, 0.2) is 35.5 Å². The summed E-state index contributed by atoms with van der Waals surface area (Å²) in [6, 6.07) is 5.88. The highest BCUT2D eigenvalue weighted by Gasteiger charge is 2.17. The maximum Gasteiger partial charge on any atom is 0.198 e. The van der Waals surface area contributed by atoms with Crippen molar-refractivity contribution in [3.8, 4) is 11.5 Å². The largest absolute Gasteiger partial charge is 0.448 e. The molecule has 21 heavy (non-hydrogen) atoms. The Balaban J connectivity index is 2.44. The molecular formula is C14H11F3N2O2. The molecule has 0 aliphatic carbocycles. The van der Waals surface area contributed by atoms with Gasteiger partial charge in [-0.25, -0.2) is 13.2 Å². The van der Waals surface area contributed by atoms with Gasteiger partial charge in [-0.1, -0.05) is 17.3 Å². The van der Waals surface area contributed by atoms with E-state index >= 15 is 0 Å². The molecule has 0 saturated heterocycles. The molecule has 0 saturated carbocycles. The fraction of sp³-hybridized carbons (Fsp3) is 0.0714. The lowest BCUT2D eigenvalue weighted by Crippen LogP contribution is -2.14. The molecule has 2 aromatic carbocycles. The lowest BCUT2D eigenvalue weighted by molar-refractivity contribution is 0.318. The summed E-state index contributed by atoms with van der Waals surface area (Å²) in [4.78, 5) is 0. The van der Waals surface area contributed by atoms with Crippen molar-refractivity contribution in [3.63, 3.8) is 0 Å². The molecule has 0 heterocycles. The van der Waals surface area contributed by atoms with Gasteiger partial charge in [-0.05, 0) is 30.7 Å². The monoisotopic (exact) mass is 296 g/mol. The van der Waals surface area contributed by atoms with E-state index in [0.29, 0.717) is 0 Å². The zero-order valence-corrected chi connectivity index (χ0v) is 10.9. The molecule has 0 amide bonds. The number of aryl methyl sites for hydroxylation is 1. The van der Waals surface area contributed by atoms with Crippen molar-refractivity contribution in [1.29, 1.82) is 0 Å². The first kappa shape index (κ1) is 14.7. The number of hydrogen-bond donors (Lipinski definition) is 2. The van der Waals surface area contributed by atoms with Crippen molar-refractivity contribution in [2.75, 3.05) is 0 Å². The average Bonchev–Trinajstić information content (AvgIpc) is 2.46. The Kier molecular flexibility index (Phi) is 4.02. The first-order valence-electron chi connectivity index (χ1n) is 5.84. The summed E-state index contributed by atoms with van der Waals surface area (Å²) < 4.78 is 46.4. The van der Waals surface area contributed by atoms with E-state index < -0.39 is 29.0 Å². The van der Waals surface area contributed by atoms with Gasteiger partial charge in [0.25, 0.3) is 0 Å². The predicted molar refractivity (Wildman–Crippen MR) is 70.1 cm³/mol. The molecule has 7 heteroatoms. The van der Waals surface area contributed by atoms with Crippen LogP contribution in [0.1, 0.15) is 11.1 Å². The summed E-state index contributed by atoms with van der Waals surface area (Å²) in [6.07, 6.45) is 0. The van der Waals surface area contributed by atoms with E-state index in [1.807, 2.05) is 0 Å². The number of rotatable bonds is 3. The van der Waals surface area contributed by atoms with Gasteiger partial charge in [-0.15, -0.1) is 0 Å². The fourth-order valence-electron chi connectivity index (χ4n) is 1.67. The van der Waals surface area contributed by atoms with Crippen molar-refractivity contribution >= 4 is 5.84 Å². The molecule has 0 spiro atoms. The number of amidine groups is 1. The minimum Gasteiger partial charge on any atom is -0.448 e. The molecule has 0 bridgehead atoms. The summed E-state index contributed by atoms with van der Waals surface area (Å²) in [5, 5.41) is 11.1. The maximum atomic E-state index is 13.8. The van der Waals surface area contributed by atoms with E-state index in [4.69, 9.17) is 15.7 Å². The molecule has 0 atom stereocenters. The number of benzene rings is 2. The van der Waals surface area contributed by atoms with E-state index in [0.717, 1.165) is 12.1 Å². The fourth-order valence-corrected chi connectivity index (χ4v) is 1.67. The number of ether oxygens (including phenoxy) is 1. The SMILES string of the molecule is Cc1cccc(Oc2c(F)cc(/C(N)=N/O)cc2F)c1F. The van der Waals surface area contributed by atoms with Gasteiger partial charge in [-0.3, -0.25) is 0 Å². The second-order valence-corrected chi connectivity index (χ2v) is 4.24. The summed E-state index contributed by atoms with van der Waals surface area (Å²) in [5.74, 6) is -4.44. The van der Waals surface area contributed by atoms with Crippen LogP contribution in [0.5, 0.6) is 11.5 Å². The molecule has 0 aliphatic rings. The minimum atomic E-state index is -1.10. The summed E-state index contributed by atoms with van der Waals surface area (Å²) in [5.41, 5.74) is 5.36. The zero-order chi connectivity index (χ0) is 15.6. The second kappa shape index (κ2) is 5.74. The van der Waals surface area contributed by atoms with Crippen molar-refractivity contribution in [1.82, 2.24) is 0 Å². The van der Waals surface area contributed by atoms with Crippen LogP contribution in [0, 0.1) is 24.4 Å². The van der Waals surface area contributed by atoms with Crippen LogP contribution in [0.2, 0.25) is 0 Å². The summed E-state index contributed by atoms with van der Waals surface area (Å²) in [7, 11) is 0. The van der Waals surface area contributed by atoms with Gasteiger partial charge in [0.15, 0.2) is 34.8 Å². The summed E-state index contributed by atoms with van der Waals surface area (Å²) >= 11 is 0. The Morgan fingerprint density at radius 1 is 1.19 bits per heavy atom. The highest BCUT2D eigenvalue weighted by atomic mass is 19.1. The van der Waals surface area contributed by atoms with Crippen LogP contribution in [-0.4, -0.2) is 11.0 Å². The Hall–Kier alpha value is -2.70. The molecule has 0 radical (unpaired) electrons. The van der Waals surface area contributed by atoms with Gasteiger partial charge in [0.1, 0.15) is 0 Å². The highest BCUT2D eigenvalue weighted by Crippen LogP contribution is 2.31. The topological polar surface area (TPSA) is 67.8 Å². The van der Waals surface area contributed by atoms with Crippen LogP contribution >= 0.6 is 0 Å². The first-order valence-corrected chi connectivity index (χ1v) is 5.84. The first-order chi connectivity index (χ1) is 9.93. The second-order valence-electron chi connectivity index (χ2n) is 4.24. The third kappa shape index (κ3) is 2.91. The number of hydrogen-bond acceptors (Lipinski definition) is 3. The lowest BCUT2D eigenvalue weighted by atomic mass is 10.2. The normalized spacial score (nSPS) is 11.5. The quantitative estimate of drug-likeness (QED) is 0.395. The van der Waals surface area contributed by atoms with E-state index in [9.17, 15) is 13.2 Å². The molecule has 2 aromatic rings. The number of nitrogens with two attached hydrogens (primary N) is 1. The van der Waals surface area contributed by atoms with Crippen LogP contribution < -0.4 is 10.5 Å². The molecule has 0 fully saturated rings. The Bertz CT molecular complexity index is 694. The van der Waals surface area contributed by atoms with Crippen molar-refractivity contribution in [2.24, 2.45) is 10.9 Å². The Morgan fingerprint density at radius 2 is 1.81 bits per heavy atom. The molecule has 3 N–H and O–H groups in total. The van der Waals surface area contributed by atoms with Gasteiger partial charge in [-0.2, -0.15) is 0 Å². The van der Waals surface area contributed by atoms with Gasteiger partial charge >= 0.3 is 0 Å². The lowest BCUT2D eigenvalue weighted by Gasteiger charge is -2.11. The minimum absolute atomic E-state index is 0.162. The van der Waals surface area contributed by atoms with Gasteiger partial charge in [0, 0.05) is 5.56 Å².